The molecule has 0 saturated carbocycles. The SMILES string of the molecule is CC1CCCN(Cc2ccc(C#CCN)cc2)C1=O. The van der Waals surface area contributed by atoms with Crippen LogP contribution >= 0.6 is 0 Å². The molecule has 0 radical (unpaired) electrons. The molecule has 3 heteroatoms. The van der Waals surface area contributed by atoms with Crippen molar-refractivity contribution in [3.8, 4) is 11.8 Å². The summed E-state index contributed by atoms with van der Waals surface area (Å²) < 4.78 is 0. The smallest absolute Gasteiger partial charge is 0.225 e. The molecule has 1 unspecified atom stereocenters. The summed E-state index contributed by atoms with van der Waals surface area (Å²) in [6.45, 7) is 3.97. The van der Waals surface area contributed by atoms with E-state index in [9.17, 15) is 4.79 Å². The third kappa shape index (κ3) is 3.59. The minimum absolute atomic E-state index is 0.170. The van der Waals surface area contributed by atoms with E-state index in [1.807, 2.05) is 36.1 Å². The van der Waals surface area contributed by atoms with Gasteiger partial charge < -0.3 is 10.6 Å². The van der Waals surface area contributed by atoms with Crippen molar-refractivity contribution in [2.45, 2.75) is 26.3 Å². The number of nitrogens with two attached hydrogens (primary N) is 1. The van der Waals surface area contributed by atoms with Gasteiger partial charge in [0, 0.05) is 24.6 Å². The van der Waals surface area contributed by atoms with Crippen LogP contribution in [-0.4, -0.2) is 23.9 Å². The minimum Gasteiger partial charge on any atom is -0.338 e. The fourth-order valence-corrected chi connectivity index (χ4v) is 2.36. The van der Waals surface area contributed by atoms with Crippen LogP contribution in [0.4, 0.5) is 0 Å². The second-order valence-corrected chi connectivity index (χ2v) is 5.01. The molecular formula is C16H20N2O. The Bertz CT molecular complexity index is 496. The van der Waals surface area contributed by atoms with Crippen LogP contribution < -0.4 is 5.73 Å². The van der Waals surface area contributed by atoms with Gasteiger partial charge in [0.2, 0.25) is 5.91 Å². The van der Waals surface area contributed by atoms with E-state index in [4.69, 9.17) is 5.73 Å². The lowest BCUT2D eigenvalue weighted by Crippen LogP contribution is -2.39. The van der Waals surface area contributed by atoms with Crippen LogP contribution in [0.25, 0.3) is 0 Å². The number of benzene rings is 1. The van der Waals surface area contributed by atoms with E-state index in [1.54, 1.807) is 0 Å². The van der Waals surface area contributed by atoms with Gasteiger partial charge in [0.05, 0.1) is 6.54 Å². The van der Waals surface area contributed by atoms with Crippen molar-refractivity contribution < 1.29 is 4.79 Å². The van der Waals surface area contributed by atoms with Crippen molar-refractivity contribution in [2.24, 2.45) is 11.7 Å². The average molecular weight is 256 g/mol. The second-order valence-electron chi connectivity index (χ2n) is 5.01. The van der Waals surface area contributed by atoms with Crippen molar-refractivity contribution in [1.82, 2.24) is 4.90 Å². The topological polar surface area (TPSA) is 46.3 Å². The third-order valence-corrected chi connectivity index (χ3v) is 3.46. The monoisotopic (exact) mass is 256 g/mol. The summed E-state index contributed by atoms with van der Waals surface area (Å²) in [5, 5.41) is 0. The summed E-state index contributed by atoms with van der Waals surface area (Å²) in [4.78, 5) is 14.0. The molecule has 0 bridgehead atoms. The molecule has 3 nitrogen and oxygen atoms in total. The summed E-state index contributed by atoms with van der Waals surface area (Å²) in [6, 6.07) is 8.03. The Balaban J connectivity index is 2.01. The van der Waals surface area contributed by atoms with Gasteiger partial charge >= 0.3 is 0 Å². The first-order valence-electron chi connectivity index (χ1n) is 6.77. The normalized spacial score (nSPS) is 18.9. The number of hydrogen-bond donors (Lipinski definition) is 1. The second kappa shape index (κ2) is 6.40. The number of rotatable bonds is 2. The van der Waals surface area contributed by atoms with E-state index >= 15 is 0 Å². The van der Waals surface area contributed by atoms with Crippen molar-refractivity contribution >= 4 is 5.91 Å². The molecule has 19 heavy (non-hydrogen) atoms. The van der Waals surface area contributed by atoms with Gasteiger partial charge in [-0.05, 0) is 30.5 Å². The van der Waals surface area contributed by atoms with Gasteiger partial charge in [-0.3, -0.25) is 4.79 Å². The predicted molar refractivity (Wildman–Crippen MR) is 76.2 cm³/mol. The van der Waals surface area contributed by atoms with Gasteiger partial charge in [-0.1, -0.05) is 30.9 Å². The molecule has 0 aromatic heterocycles. The predicted octanol–water partition coefficient (Wildman–Crippen LogP) is 1.76. The lowest BCUT2D eigenvalue weighted by atomic mass is 9.98. The van der Waals surface area contributed by atoms with Gasteiger partial charge in [0.1, 0.15) is 0 Å². The van der Waals surface area contributed by atoms with E-state index in [2.05, 4.69) is 11.8 Å². The third-order valence-electron chi connectivity index (χ3n) is 3.46. The zero-order valence-corrected chi connectivity index (χ0v) is 11.4. The van der Waals surface area contributed by atoms with Crippen LogP contribution in [0.15, 0.2) is 24.3 Å². The first-order chi connectivity index (χ1) is 9.20. The number of amides is 1. The maximum absolute atomic E-state index is 12.0. The molecule has 1 aromatic carbocycles. The van der Waals surface area contributed by atoms with Crippen LogP contribution in [0, 0.1) is 17.8 Å². The number of piperidine rings is 1. The molecule has 1 saturated heterocycles. The standard InChI is InChI=1S/C16H20N2O/c1-13-4-3-11-18(16(13)19)12-15-8-6-14(7-9-15)5-2-10-17/h6-9,13H,3-4,10-12,17H2,1H3. The van der Waals surface area contributed by atoms with Crippen LogP contribution in [0.3, 0.4) is 0 Å². The molecule has 1 aliphatic heterocycles. The maximum atomic E-state index is 12.0. The molecule has 1 atom stereocenters. The summed E-state index contributed by atoms with van der Waals surface area (Å²) in [7, 11) is 0. The molecule has 1 amide bonds. The van der Waals surface area contributed by atoms with E-state index in [0.29, 0.717) is 13.1 Å². The number of nitrogens with zero attached hydrogens (tertiary/aromatic N) is 1. The Kier molecular flexibility index (Phi) is 4.59. The van der Waals surface area contributed by atoms with Crippen molar-refractivity contribution in [2.75, 3.05) is 13.1 Å². The summed E-state index contributed by atoms with van der Waals surface area (Å²) in [5.41, 5.74) is 7.46. The Morgan fingerprint density at radius 3 is 2.79 bits per heavy atom. The quantitative estimate of drug-likeness (QED) is 0.820. The Hall–Kier alpha value is -1.79. The van der Waals surface area contributed by atoms with E-state index in [0.717, 1.165) is 30.5 Å². The molecule has 1 aromatic rings. The molecule has 2 rings (SSSR count). The van der Waals surface area contributed by atoms with E-state index in [1.165, 1.54) is 0 Å². The highest BCUT2D eigenvalue weighted by molar-refractivity contribution is 5.79. The lowest BCUT2D eigenvalue weighted by molar-refractivity contribution is -0.138. The van der Waals surface area contributed by atoms with Crippen molar-refractivity contribution in [1.29, 1.82) is 0 Å². The summed E-state index contributed by atoms with van der Waals surface area (Å²) in [6.07, 6.45) is 2.12. The molecule has 0 aliphatic carbocycles. The molecule has 1 aliphatic rings. The molecular weight excluding hydrogens is 236 g/mol. The van der Waals surface area contributed by atoms with Crippen molar-refractivity contribution in [3.63, 3.8) is 0 Å². The van der Waals surface area contributed by atoms with Gasteiger partial charge in [-0.15, -0.1) is 0 Å². The summed E-state index contributed by atoms with van der Waals surface area (Å²) >= 11 is 0. The fraction of sp³-hybridized carbons (Fsp3) is 0.438. The largest absolute Gasteiger partial charge is 0.338 e. The molecule has 1 fully saturated rings. The Morgan fingerprint density at radius 2 is 2.11 bits per heavy atom. The first-order valence-corrected chi connectivity index (χ1v) is 6.77. The fourth-order valence-electron chi connectivity index (χ4n) is 2.36. The zero-order chi connectivity index (χ0) is 13.7. The van der Waals surface area contributed by atoms with Crippen LogP contribution in [0.5, 0.6) is 0 Å². The van der Waals surface area contributed by atoms with Gasteiger partial charge in [-0.25, -0.2) is 0 Å². The van der Waals surface area contributed by atoms with Gasteiger partial charge in [0.15, 0.2) is 0 Å². The highest BCUT2D eigenvalue weighted by Gasteiger charge is 2.24. The summed E-state index contributed by atoms with van der Waals surface area (Å²) in [5.74, 6) is 6.27. The van der Waals surface area contributed by atoms with Crippen LogP contribution in [0.2, 0.25) is 0 Å². The zero-order valence-electron chi connectivity index (χ0n) is 11.4. The highest BCUT2D eigenvalue weighted by Crippen LogP contribution is 2.19. The number of carbonyl (C=O) groups excluding carboxylic acids is 1. The van der Waals surface area contributed by atoms with Gasteiger partial charge in [-0.2, -0.15) is 0 Å². The van der Waals surface area contributed by atoms with Crippen LogP contribution in [-0.2, 0) is 11.3 Å². The first kappa shape index (κ1) is 13.6. The molecule has 1 heterocycles. The number of carbonyl (C=O) groups is 1. The van der Waals surface area contributed by atoms with Gasteiger partial charge in [0.25, 0.3) is 0 Å². The van der Waals surface area contributed by atoms with Crippen molar-refractivity contribution in [3.05, 3.63) is 35.4 Å². The Labute approximate surface area is 114 Å². The van der Waals surface area contributed by atoms with Crippen LogP contribution in [0.1, 0.15) is 30.9 Å². The molecule has 2 N–H and O–H groups in total. The maximum Gasteiger partial charge on any atom is 0.225 e. The molecule has 100 valence electrons. The van der Waals surface area contributed by atoms with E-state index < -0.39 is 0 Å². The molecule has 0 spiro atoms. The highest BCUT2D eigenvalue weighted by atomic mass is 16.2. The Morgan fingerprint density at radius 1 is 1.37 bits per heavy atom. The lowest BCUT2D eigenvalue weighted by Gasteiger charge is -2.30. The number of likely N-dealkylation sites (tertiary alicyclic amines) is 1. The van der Waals surface area contributed by atoms with E-state index in [-0.39, 0.29) is 11.8 Å². The average Bonchev–Trinajstić information content (AvgIpc) is 2.43. The number of hydrogen-bond acceptors (Lipinski definition) is 2. The minimum atomic E-state index is 0.170.